The van der Waals surface area contributed by atoms with Gasteiger partial charge in [0, 0.05) is 6.21 Å². The number of para-hydroxylation sites is 3. The van der Waals surface area contributed by atoms with E-state index < -0.39 is 6.03 Å². The maximum absolute atomic E-state index is 12.9. The van der Waals surface area contributed by atoms with E-state index in [1.54, 1.807) is 30.3 Å². The summed E-state index contributed by atoms with van der Waals surface area (Å²) in [5, 5.41) is 2.68. The van der Waals surface area contributed by atoms with Gasteiger partial charge in [-0.05, 0) is 42.0 Å². The number of hydrogen-bond donors (Lipinski definition) is 1. The predicted octanol–water partition coefficient (Wildman–Crippen LogP) is 5.27. The van der Waals surface area contributed by atoms with Gasteiger partial charge in [-0.3, -0.25) is 0 Å². The average molecular weight is 334 g/mol. The SMILES string of the molecule is O=C(N=Cc1ccc(F)cc1)Nc1ccccc1Oc1ccccc1. The molecule has 3 aromatic carbocycles. The van der Waals surface area contributed by atoms with Gasteiger partial charge in [0.25, 0.3) is 0 Å². The van der Waals surface area contributed by atoms with Crippen molar-refractivity contribution in [2.24, 2.45) is 4.99 Å². The summed E-state index contributed by atoms with van der Waals surface area (Å²) in [5.74, 6) is 0.839. The Morgan fingerprint density at radius 1 is 0.920 bits per heavy atom. The zero-order valence-electron chi connectivity index (χ0n) is 13.2. The van der Waals surface area contributed by atoms with Crippen LogP contribution in [0.3, 0.4) is 0 Å². The summed E-state index contributed by atoms with van der Waals surface area (Å²) in [4.78, 5) is 15.8. The predicted molar refractivity (Wildman–Crippen MR) is 96.0 cm³/mol. The largest absolute Gasteiger partial charge is 0.455 e. The number of amides is 2. The number of urea groups is 1. The summed E-state index contributed by atoms with van der Waals surface area (Å²) in [6.45, 7) is 0. The molecule has 0 radical (unpaired) electrons. The highest BCUT2D eigenvalue weighted by molar-refractivity contribution is 5.98. The van der Waals surface area contributed by atoms with Crippen molar-refractivity contribution in [3.63, 3.8) is 0 Å². The van der Waals surface area contributed by atoms with Gasteiger partial charge < -0.3 is 10.1 Å². The molecule has 4 nitrogen and oxygen atoms in total. The monoisotopic (exact) mass is 334 g/mol. The third-order valence-electron chi connectivity index (χ3n) is 3.30. The van der Waals surface area contributed by atoms with Gasteiger partial charge in [-0.1, -0.05) is 42.5 Å². The van der Waals surface area contributed by atoms with Crippen molar-refractivity contribution in [1.82, 2.24) is 0 Å². The highest BCUT2D eigenvalue weighted by Gasteiger charge is 2.07. The minimum atomic E-state index is -0.548. The third kappa shape index (κ3) is 4.75. The van der Waals surface area contributed by atoms with E-state index in [2.05, 4.69) is 10.3 Å². The van der Waals surface area contributed by atoms with Gasteiger partial charge in [-0.25, -0.2) is 14.2 Å². The number of halogens is 1. The fraction of sp³-hybridized carbons (Fsp3) is 0. The molecule has 0 aliphatic rings. The van der Waals surface area contributed by atoms with E-state index in [4.69, 9.17) is 4.74 Å². The zero-order chi connectivity index (χ0) is 17.5. The number of aliphatic imine (C=N–C) groups is 1. The third-order valence-corrected chi connectivity index (χ3v) is 3.30. The molecule has 2 amide bonds. The number of nitrogens with one attached hydrogen (secondary N) is 1. The first-order valence-electron chi connectivity index (χ1n) is 7.63. The normalized spacial score (nSPS) is 10.6. The van der Waals surface area contributed by atoms with Crippen molar-refractivity contribution in [3.8, 4) is 11.5 Å². The molecular formula is C20H15FN2O2. The van der Waals surface area contributed by atoms with Gasteiger partial charge in [0.2, 0.25) is 0 Å². The Bertz CT molecular complexity index is 878. The summed E-state index contributed by atoms with van der Waals surface area (Å²) in [6, 6.07) is 21.5. The summed E-state index contributed by atoms with van der Waals surface area (Å²) >= 11 is 0. The van der Waals surface area contributed by atoms with E-state index in [9.17, 15) is 9.18 Å². The molecule has 0 saturated heterocycles. The number of carbonyl (C=O) groups excluding carboxylic acids is 1. The van der Waals surface area contributed by atoms with Gasteiger partial charge >= 0.3 is 6.03 Å². The second-order valence-electron chi connectivity index (χ2n) is 5.15. The Hall–Kier alpha value is -3.47. The van der Waals surface area contributed by atoms with Crippen LogP contribution in [0.4, 0.5) is 14.9 Å². The molecule has 0 atom stereocenters. The lowest BCUT2D eigenvalue weighted by Gasteiger charge is -2.10. The molecule has 124 valence electrons. The van der Waals surface area contributed by atoms with E-state index >= 15 is 0 Å². The lowest BCUT2D eigenvalue weighted by atomic mass is 10.2. The summed E-state index contributed by atoms with van der Waals surface area (Å²) in [5.41, 5.74) is 1.14. The van der Waals surface area contributed by atoms with Gasteiger partial charge in [0.1, 0.15) is 11.6 Å². The lowest BCUT2D eigenvalue weighted by Crippen LogP contribution is -2.07. The molecule has 0 bridgehead atoms. The molecule has 1 N–H and O–H groups in total. The zero-order valence-corrected chi connectivity index (χ0v) is 13.2. The number of carbonyl (C=O) groups is 1. The second kappa shape index (κ2) is 7.88. The first kappa shape index (κ1) is 16.4. The van der Waals surface area contributed by atoms with Crippen LogP contribution in [0.25, 0.3) is 0 Å². The van der Waals surface area contributed by atoms with Gasteiger partial charge in [0.05, 0.1) is 5.69 Å². The topological polar surface area (TPSA) is 50.7 Å². The van der Waals surface area contributed by atoms with Gasteiger partial charge in [-0.2, -0.15) is 0 Å². The Labute approximate surface area is 144 Å². The van der Waals surface area contributed by atoms with Crippen molar-refractivity contribution < 1.29 is 13.9 Å². The van der Waals surface area contributed by atoms with E-state index in [1.807, 2.05) is 36.4 Å². The number of nitrogens with zero attached hydrogens (tertiary/aromatic N) is 1. The van der Waals surface area contributed by atoms with Crippen LogP contribution in [0.5, 0.6) is 11.5 Å². The van der Waals surface area contributed by atoms with Crippen LogP contribution in [0.15, 0.2) is 83.9 Å². The van der Waals surface area contributed by atoms with Crippen LogP contribution in [0, 0.1) is 5.82 Å². The quantitative estimate of drug-likeness (QED) is 0.661. The van der Waals surface area contributed by atoms with E-state index in [0.29, 0.717) is 22.7 Å². The molecule has 3 rings (SSSR count). The van der Waals surface area contributed by atoms with E-state index in [1.165, 1.54) is 18.3 Å². The standard InChI is InChI=1S/C20H15FN2O2/c21-16-12-10-15(11-13-16)14-22-20(24)23-18-8-4-5-9-19(18)25-17-6-2-1-3-7-17/h1-14H,(H,23,24). The van der Waals surface area contributed by atoms with Crippen molar-refractivity contribution in [2.75, 3.05) is 5.32 Å². The molecule has 0 aromatic heterocycles. The Morgan fingerprint density at radius 2 is 1.60 bits per heavy atom. The van der Waals surface area contributed by atoms with Crippen molar-refractivity contribution in [2.45, 2.75) is 0 Å². The van der Waals surface area contributed by atoms with Gasteiger partial charge in [-0.15, -0.1) is 0 Å². The smallest absolute Gasteiger partial charge is 0.345 e. The van der Waals surface area contributed by atoms with Crippen LogP contribution in [0.2, 0.25) is 0 Å². The molecule has 0 heterocycles. The number of anilines is 1. The number of hydrogen-bond acceptors (Lipinski definition) is 2. The molecule has 0 unspecified atom stereocenters. The Kier molecular flexibility index (Phi) is 5.16. The van der Waals surface area contributed by atoms with Crippen LogP contribution >= 0.6 is 0 Å². The summed E-state index contributed by atoms with van der Waals surface area (Å²) in [7, 11) is 0. The minimum absolute atomic E-state index is 0.339. The van der Waals surface area contributed by atoms with Gasteiger partial charge in [0.15, 0.2) is 5.75 Å². The first-order chi connectivity index (χ1) is 12.2. The maximum atomic E-state index is 12.9. The number of ether oxygens (including phenoxy) is 1. The second-order valence-corrected chi connectivity index (χ2v) is 5.15. The van der Waals surface area contributed by atoms with Crippen LogP contribution in [-0.2, 0) is 0 Å². The summed E-state index contributed by atoms with van der Waals surface area (Å²) in [6.07, 6.45) is 1.37. The first-order valence-corrected chi connectivity index (χ1v) is 7.63. The van der Waals surface area contributed by atoms with Crippen LogP contribution < -0.4 is 10.1 Å². The minimum Gasteiger partial charge on any atom is -0.455 e. The van der Waals surface area contributed by atoms with Crippen LogP contribution in [0.1, 0.15) is 5.56 Å². The molecule has 0 aliphatic heterocycles. The fourth-order valence-corrected chi connectivity index (χ4v) is 2.10. The highest BCUT2D eigenvalue weighted by Crippen LogP contribution is 2.29. The Balaban J connectivity index is 1.70. The van der Waals surface area contributed by atoms with Crippen molar-refractivity contribution in [1.29, 1.82) is 0 Å². The number of benzene rings is 3. The molecule has 0 saturated carbocycles. The molecule has 0 spiro atoms. The van der Waals surface area contributed by atoms with Crippen molar-refractivity contribution >= 4 is 17.9 Å². The average Bonchev–Trinajstić information content (AvgIpc) is 2.64. The molecule has 5 heteroatoms. The maximum Gasteiger partial charge on any atom is 0.345 e. The van der Waals surface area contributed by atoms with Crippen molar-refractivity contribution in [3.05, 3.63) is 90.2 Å². The Morgan fingerprint density at radius 3 is 2.36 bits per heavy atom. The number of rotatable bonds is 4. The van der Waals surface area contributed by atoms with E-state index in [0.717, 1.165) is 0 Å². The van der Waals surface area contributed by atoms with Crippen LogP contribution in [-0.4, -0.2) is 12.2 Å². The molecule has 25 heavy (non-hydrogen) atoms. The molecular weight excluding hydrogens is 319 g/mol. The van der Waals surface area contributed by atoms with E-state index in [-0.39, 0.29) is 5.82 Å². The molecule has 0 fully saturated rings. The highest BCUT2D eigenvalue weighted by atomic mass is 19.1. The fourth-order valence-electron chi connectivity index (χ4n) is 2.10. The summed E-state index contributed by atoms with van der Waals surface area (Å²) < 4.78 is 18.6. The molecule has 3 aromatic rings. The molecule has 0 aliphatic carbocycles. The lowest BCUT2D eigenvalue weighted by molar-refractivity contribution is 0.259.